The lowest BCUT2D eigenvalue weighted by molar-refractivity contribution is -0.135. The Hall–Kier alpha value is -2.12. The van der Waals surface area contributed by atoms with E-state index in [1.54, 1.807) is 24.3 Å². The van der Waals surface area contributed by atoms with Crippen molar-refractivity contribution in [3.8, 4) is 0 Å². The highest BCUT2D eigenvalue weighted by Crippen LogP contribution is 2.61. The van der Waals surface area contributed by atoms with Gasteiger partial charge in [-0.1, -0.05) is 46.9 Å². The molecule has 164 valence electrons. The van der Waals surface area contributed by atoms with Gasteiger partial charge in [-0.2, -0.15) is 0 Å². The minimum atomic E-state index is -1.27. The van der Waals surface area contributed by atoms with Crippen molar-refractivity contribution in [2.75, 3.05) is 16.8 Å². The zero-order chi connectivity index (χ0) is 22.5. The summed E-state index contributed by atoms with van der Waals surface area (Å²) in [4.78, 5) is 44.5. The molecule has 4 aliphatic rings. The van der Waals surface area contributed by atoms with E-state index in [4.69, 9.17) is 34.8 Å². The molecule has 0 saturated carbocycles. The fourth-order valence-electron chi connectivity index (χ4n) is 6.30. The monoisotopic (exact) mass is 489 g/mol. The third-order valence-corrected chi connectivity index (χ3v) is 8.48. The van der Waals surface area contributed by atoms with Crippen molar-refractivity contribution >= 4 is 63.9 Å². The summed E-state index contributed by atoms with van der Waals surface area (Å²) in [5.41, 5.74) is 1.06. The van der Waals surface area contributed by atoms with Crippen molar-refractivity contribution in [2.45, 2.75) is 31.3 Å². The molecule has 2 aromatic rings. The fraction of sp³-hybridized carbons (Fsp3) is 0.348. The maximum absolute atomic E-state index is 13.9. The maximum Gasteiger partial charge on any atom is 0.250 e. The second kappa shape index (κ2) is 6.70. The summed E-state index contributed by atoms with van der Waals surface area (Å²) < 4.78 is 0. The highest BCUT2D eigenvalue weighted by Gasteiger charge is 2.74. The van der Waals surface area contributed by atoms with Crippen molar-refractivity contribution in [1.29, 1.82) is 0 Å². The molecule has 9 heteroatoms. The zero-order valence-corrected chi connectivity index (χ0v) is 19.3. The van der Waals surface area contributed by atoms with E-state index in [-0.39, 0.29) is 33.6 Å². The molecule has 6 nitrogen and oxygen atoms in total. The van der Waals surface area contributed by atoms with Gasteiger partial charge in [-0.3, -0.25) is 19.3 Å². The molecule has 1 spiro atoms. The first kappa shape index (κ1) is 20.5. The van der Waals surface area contributed by atoms with Crippen LogP contribution in [-0.2, 0) is 19.9 Å². The predicted molar refractivity (Wildman–Crippen MR) is 122 cm³/mol. The number of imide groups is 1. The first-order valence-electron chi connectivity index (χ1n) is 10.5. The summed E-state index contributed by atoms with van der Waals surface area (Å²) in [6.45, 7) is 2.53. The molecule has 1 N–H and O–H groups in total. The van der Waals surface area contributed by atoms with Crippen LogP contribution in [0.25, 0.3) is 0 Å². The summed E-state index contributed by atoms with van der Waals surface area (Å²) in [5.74, 6) is -2.58. The van der Waals surface area contributed by atoms with Gasteiger partial charge in [0.05, 0.1) is 38.3 Å². The van der Waals surface area contributed by atoms with Crippen LogP contribution < -0.4 is 10.2 Å². The molecule has 3 saturated heterocycles. The van der Waals surface area contributed by atoms with Crippen LogP contribution in [0.1, 0.15) is 24.0 Å². The minimum Gasteiger partial charge on any atom is -0.323 e. The maximum atomic E-state index is 13.9. The van der Waals surface area contributed by atoms with Crippen molar-refractivity contribution < 1.29 is 14.4 Å². The van der Waals surface area contributed by atoms with E-state index < -0.39 is 23.3 Å². The van der Waals surface area contributed by atoms with Gasteiger partial charge >= 0.3 is 0 Å². The third-order valence-electron chi connectivity index (χ3n) is 7.37. The van der Waals surface area contributed by atoms with Gasteiger partial charge in [-0.25, -0.2) is 4.90 Å². The molecular weight excluding hydrogens is 473 g/mol. The van der Waals surface area contributed by atoms with Gasteiger partial charge in [0.2, 0.25) is 11.8 Å². The number of fused-ring (bicyclic) bond motifs is 7. The number of anilines is 2. The van der Waals surface area contributed by atoms with Gasteiger partial charge in [0, 0.05) is 11.6 Å². The van der Waals surface area contributed by atoms with Crippen molar-refractivity contribution in [3.63, 3.8) is 0 Å². The van der Waals surface area contributed by atoms with Gasteiger partial charge < -0.3 is 5.32 Å². The number of carbonyl (C=O) groups excluding carboxylic acids is 3. The standard InChI is InChI=1S/C23H18Cl3N3O3/c1-10-8-11-19(13(25)9-10)27-22(32)23(11)17-16(14-6-3-7-28(14)23)20(30)29(21(17)31)15-5-2-4-12(24)18(15)26/h2,4-5,8-9,14,16-17H,3,6-7H2,1H3,(H,27,32)/t14-,16+,17+,23-/m1/s1. The molecule has 0 aromatic heterocycles. The quantitative estimate of drug-likeness (QED) is 0.602. The van der Waals surface area contributed by atoms with Gasteiger partial charge in [0.15, 0.2) is 0 Å². The van der Waals surface area contributed by atoms with Gasteiger partial charge in [-0.15, -0.1) is 0 Å². The summed E-state index contributed by atoms with van der Waals surface area (Å²) in [5, 5.41) is 3.74. The highest BCUT2D eigenvalue weighted by atomic mass is 35.5. The normalized spacial score (nSPS) is 30.8. The topological polar surface area (TPSA) is 69.7 Å². The van der Waals surface area contributed by atoms with Crippen molar-refractivity contribution in [3.05, 3.63) is 56.5 Å². The SMILES string of the molecule is Cc1cc(Cl)c2c(c1)[C@]1(C(=O)N2)[C@@H]2C(=O)N(c3cccc(Cl)c3Cl)C(=O)[C@H]2[C@H]2CCCN21. The Labute approximate surface area is 199 Å². The Morgan fingerprint density at radius 3 is 2.62 bits per heavy atom. The summed E-state index contributed by atoms with van der Waals surface area (Å²) in [6.07, 6.45) is 1.58. The van der Waals surface area contributed by atoms with E-state index >= 15 is 0 Å². The van der Waals surface area contributed by atoms with Gasteiger partial charge in [0.1, 0.15) is 5.54 Å². The number of nitrogens with zero attached hydrogens (tertiary/aromatic N) is 2. The number of hydrogen-bond donors (Lipinski definition) is 1. The van der Waals surface area contributed by atoms with E-state index in [1.807, 2.05) is 13.0 Å². The lowest BCUT2D eigenvalue weighted by Gasteiger charge is -2.36. The van der Waals surface area contributed by atoms with Crippen molar-refractivity contribution in [2.24, 2.45) is 11.8 Å². The summed E-state index contributed by atoms with van der Waals surface area (Å²) in [7, 11) is 0. The molecule has 4 aliphatic heterocycles. The van der Waals surface area contributed by atoms with E-state index in [1.165, 1.54) is 0 Å². The molecule has 0 radical (unpaired) electrons. The Balaban J connectivity index is 1.59. The number of hydrogen-bond acceptors (Lipinski definition) is 4. The Kier molecular flexibility index (Phi) is 4.29. The molecule has 0 bridgehead atoms. The lowest BCUT2D eigenvalue weighted by Crippen LogP contribution is -2.54. The van der Waals surface area contributed by atoms with Crippen LogP contribution in [0.2, 0.25) is 15.1 Å². The molecule has 6 rings (SSSR count). The second-order valence-electron chi connectivity index (χ2n) is 8.88. The summed E-state index contributed by atoms with van der Waals surface area (Å²) >= 11 is 19.1. The van der Waals surface area contributed by atoms with Crippen molar-refractivity contribution in [1.82, 2.24) is 4.90 Å². The number of amides is 3. The minimum absolute atomic E-state index is 0.142. The van der Waals surface area contributed by atoms with Crippen LogP contribution in [0.3, 0.4) is 0 Å². The molecule has 2 aromatic carbocycles. The van der Waals surface area contributed by atoms with E-state index in [0.717, 1.165) is 23.3 Å². The number of carbonyl (C=O) groups is 3. The largest absolute Gasteiger partial charge is 0.323 e. The molecule has 3 fully saturated rings. The third kappa shape index (κ3) is 2.29. The molecular formula is C23H18Cl3N3O3. The first-order valence-corrected chi connectivity index (χ1v) is 11.6. The molecule has 32 heavy (non-hydrogen) atoms. The molecule has 0 unspecified atom stereocenters. The Morgan fingerprint density at radius 2 is 1.84 bits per heavy atom. The first-order chi connectivity index (χ1) is 15.3. The number of halogens is 3. The molecule has 0 aliphatic carbocycles. The Bertz CT molecular complexity index is 1250. The Morgan fingerprint density at radius 1 is 1.06 bits per heavy atom. The fourth-order valence-corrected chi connectivity index (χ4v) is 7.00. The van der Waals surface area contributed by atoms with Crippen LogP contribution in [0.15, 0.2) is 30.3 Å². The summed E-state index contributed by atoms with van der Waals surface area (Å²) in [6, 6.07) is 8.34. The van der Waals surface area contributed by atoms with Crippen LogP contribution >= 0.6 is 34.8 Å². The lowest BCUT2D eigenvalue weighted by atomic mass is 9.75. The van der Waals surface area contributed by atoms with E-state index in [0.29, 0.717) is 22.8 Å². The van der Waals surface area contributed by atoms with E-state index in [2.05, 4.69) is 10.2 Å². The average molecular weight is 491 g/mol. The number of benzene rings is 2. The molecule has 4 atom stereocenters. The van der Waals surface area contributed by atoms with Crippen LogP contribution in [-0.4, -0.2) is 35.2 Å². The molecule has 4 heterocycles. The predicted octanol–water partition coefficient (Wildman–Crippen LogP) is 4.39. The number of nitrogens with one attached hydrogen (secondary N) is 1. The number of rotatable bonds is 1. The zero-order valence-electron chi connectivity index (χ0n) is 17.0. The van der Waals surface area contributed by atoms with Gasteiger partial charge in [0.25, 0.3) is 5.91 Å². The smallest absolute Gasteiger partial charge is 0.250 e. The van der Waals surface area contributed by atoms with Crippen LogP contribution in [0.4, 0.5) is 11.4 Å². The van der Waals surface area contributed by atoms with Crippen LogP contribution in [0, 0.1) is 18.8 Å². The average Bonchev–Trinajstić information content (AvgIpc) is 3.44. The highest BCUT2D eigenvalue weighted by molar-refractivity contribution is 6.45. The van der Waals surface area contributed by atoms with Crippen LogP contribution in [0.5, 0.6) is 0 Å². The van der Waals surface area contributed by atoms with E-state index in [9.17, 15) is 14.4 Å². The number of aryl methyl sites for hydroxylation is 1. The second-order valence-corrected chi connectivity index (χ2v) is 10.1. The van der Waals surface area contributed by atoms with Gasteiger partial charge in [-0.05, 0) is 50.1 Å². The molecule has 3 amide bonds.